The Hall–Kier alpha value is -2.31. The molecule has 0 atom stereocenters. The Bertz CT molecular complexity index is 629. The minimum Gasteiger partial charge on any atom is -0.380 e. The fraction of sp³-hybridized carbons (Fsp3) is 0.235. The van der Waals surface area contributed by atoms with Gasteiger partial charge in [0, 0.05) is 13.7 Å². The molecular weight excluding hydrogens is 248 g/mol. The van der Waals surface area contributed by atoms with Crippen LogP contribution < -0.4 is 5.32 Å². The molecule has 102 valence electrons. The van der Waals surface area contributed by atoms with Crippen LogP contribution in [0.4, 0.5) is 5.69 Å². The van der Waals surface area contributed by atoms with Gasteiger partial charge in [-0.05, 0) is 35.7 Å². The molecule has 0 amide bonds. The maximum atomic E-state index is 9.14. The highest BCUT2D eigenvalue weighted by atomic mass is 16.5. The van der Waals surface area contributed by atoms with Gasteiger partial charge in [-0.1, -0.05) is 30.3 Å². The minimum absolute atomic E-state index is 0.594. The Labute approximate surface area is 119 Å². The number of hydrogen-bond acceptors (Lipinski definition) is 3. The van der Waals surface area contributed by atoms with E-state index in [9.17, 15) is 0 Å². The number of ether oxygens (including phenoxy) is 1. The molecule has 0 fully saturated rings. The average Bonchev–Trinajstić information content (AvgIpc) is 2.47. The predicted molar refractivity (Wildman–Crippen MR) is 80.4 cm³/mol. The van der Waals surface area contributed by atoms with Gasteiger partial charge in [-0.15, -0.1) is 0 Å². The van der Waals surface area contributed by atoms with Gasteiger partial charge in [0.15, 0.2) is 0 Å². The SMILES string of the molecule is COCc1ccccc1CNc1cc(C)ccc1C#N. The smallest absolute Gasteiger partial charge is 0.101 e. The Morgan fingerprint density at radius 3 is 2.60 bits per heavy atom. The van der Waals surface area contributed by atoms with Crippen molar-refractivity contribution in [3.8, 4) is 6.07 Å². The summed E-state index contributed by atoms with van der Waals surface area (Å²) in [6, 6.07) is 16.1. The van der Waals surface area contributed by atoms with Crippen molar-refractivity contribution in [2.75, 3.05) is 12.4 Å². The first kappa shape index (κ1) is 14.1. The second-order valence-electron chi connectivity index (χ2n) is 4.72. The molecule has 0 unspecified atom stereocenters. The fourth-order valence-electron chi connectivity index (χ4n) is 2.12. The first-order chi connectivity index (χ1) is 9.74. The molecule has 2 aromatic carbocycles. The number of nitrogens with zero attached hydrogens (tertiary/aromatic N) is 1. The monoisotopic (exact) mass is 266 g/mol. The van der Waals surface area contributed by atoms with Gasteiger partial charge >= 0.3 is 0 Å². The van der Waals surface area contributed by atoms with Crippen LogP contribution in [0.15, 0.2) is 42.5 Å². The Balaban J connectivity index is 2.17. The fourth-order valence-corrected chi connectivity index (χ4v) is 2.12. The molecule has 3 heteroatoms. The summed E-state index contributed by atoms with van der Waals surface area (Å²) in [5.41, 5.74) is 5.02. The Kier molecular flexibility index (Phi) is 4.75. The zero-order valence-electron chi connectivity index (χ0n) is 11.8. The second-order valence-corrected chi connectivity index (χ2v) is 4.72. The molecule has 0 aliphatic rings. The molecule has 0 aliphatic heterocycles. The van der Waals surface area contributed by atoms with E-state index >= 15 is 0 Å². The summed E-state index contributed by atoms with van der Waals surface area (Å²) in [7, 11) is 1.69. The Morgan fingerprint density at radius 1 is 1.15 bits per heavy atom. The number of rotatable bonds is 5. The number of hydrogen-bond donors (Lipinski definition) is 1. The minimum atomic E-state index is 0.594. The summed E-state index contributed by atoms with van der Waals surface area (Å²) in [5, 5.41) is 12.5. The van der Waals surface area contributed by atoms with Gasteiger partial charge in [-0.3, -0.25) is 0 Å². The van der Waals surface area contributed by atoms with Crippen molar-refractivity contribution >= 4 is 5.69 Å². The maximum Gasteiger partial charge on any atom is 0.101 e. The van der Waals surface area contributed by atoms with E-state index in [-0.39, 0.29) is 0 Å². The van der Waals surface area contributed by atoms with Crippen molar-refractivity contribution in [1.29, 1.82) is 5.26 Å². The molecule has 0 spiro atoms. The predicted octanol–water partition coefficient (Wildman–Crippen LogP) is 3.63. The van der Waals surface area contributed by atoms with Crippen LogP contribution in [0.2, 0.25) is 0 Å². The van der Waals surface area contributed by atoms with E-state index in [1.807, 2.05) is 37.3 Å². The number of aryl methyl sites for hydroxylation is 1. The van der Waals surface area contributed by atoms with E-state index in [1.54, 1.807) is 7.11 Å². The van der Waals surface area contributed by atoms with Gasteiger partial charge in [0.2, 0.25) is 0 Å². The molecule has 0 aliphatic carbocycles. The first-order valence-electron chi connectivity index (χ1n) is 6.55. The van der Waals surface area contributed by atoms with E-state index in [0.717, 1.165) is 16.8 Å². The van der Waals surface area contributed by atoms with Gasteiger partial charge in [0.1, 0.15) is 6.07 Å². The van der Waals surface area contributed by atoms with Crippen molar-refractivity contribution in [2.45, 2.75) is 20.1 Å². The van der Waals surface area contributed by atoms with E-state index in [0.29, 0.717) is 18.7 Å². The van der Waals surface area contributed by atoms with Crippen molar-refractivity contribution in [3.63, 3.8) is 0 Å². The normalized spacial score (nSPS) is 10.1. The van der Waals surface area contributed by atoms with Crippen LogP contribution in [0, 0.1) is 18.3 Å². The van der Waals surface area contributed by atoms with Gasteiger partial charge < -0.3 is 10.1 Å². The quantitative estimate of drug-likeness (QED) is 0.899. The van der Waals surface area contributed by atoms with Crippen LogP contribution in [-0.4, -0.2) is 7.11 Å². The molecule has 0 radical (unpaired) electrons. The molecule has 0 saturated heterocycles. The Morgan fingerprint density at radius 2 is 1.90 bits per heavy atom. The number of nitrogens with one attached hydrogen (secondary N) is 1. The summed E-state index contributed by atoms with van der Waals surface area (Å²) >= 11 is 0. The molecule has 20 heavy (non-hydrogen) atoms. The lowest BCUT2D eigenvalue weighted by atomic mass is 10.1. The number of anilines is 1. The standard InChI is InChI=1S/C17H18N2O/c1-13-7-8-14(10-18)17(9-13)19-11-15-5-3-4-6-16(15)12-20-2/h3-9,19H,11-12H2,1-2H3. The molecule has 3 nitrogen and oxygen atoms in total. The lowest BCUT2D eigenvalue weighted by Gasteiger charge is -2.12. The molecule has 0 aromatic heterocycles. The topological polar surface area (TPSA) is 45.0 Å². The van der Waals surface area contributed by atoms with Crippen LogP contribution in [0.5, 0.6) is 0 Å². The lowest BCUT2D eigenvalue weighted by Crippen LogP contribution is -2.05. The summed E-state index contributed by atoms with van der Waals surface area (Å²) in [5.74, 6) is 0. The van der Waals surface area contributed by atoms with E-state index in [4.69, 9.17) is 10.00 Å². The third kappa shape index (κ3) is 3.37. The van der Waals surface area contributed by atoms with Crippen molar-refractivity contribution < 1.29 is 4.74 Å². The summed E-state index contributed by atoms with van der Waals surface area (Å²) in [6.07, 6.45) is 0. The summed E-state index contributed by atoms with van der Waals surface area (Å²) < 4.78 is 5.20. The van der Waals surface area contributed by atoms with E-state index < -0.39 is 0 Å². The van der Waals surface area contributed by atoms with E-state index in [1.165, 1.54) is 5.56 Å². The lowest BCUT2D eigenvalue weighted by molar-refractivity contribution is 0.184. The molecule has 0 heterocycles. The highest BCUT2D eigenvalue weighted by Crippen LogP contribution is 2.19. The zero-order chi connectivity index (χ0) is 14.4. The van der Waals surface area contributed by atoms with Gasteiger partial charge in [-0.2, -0.15) is 5.26 Å². The largest absolute Gasteiger partial charge is 0.380 e. The summed E-state index contributed by atoms with van der Waals surface area (Å²) in [6.45, 7) is 3.29. The van der Waals surface area contributed by atoms with Crippen LogP contribution in [0.3, 0.4) is 0 Å². The van der Waals surface area contributed by atoms with E-state index in [2.05, 4.69) is 23.5 Å². The molecule has 0 saturated carbocycles. The zero-order valence-corrected chi connectivity index (χ0v) is 11.8. The molecule has 0 bridgehead atoms. The molecular formula is C17H18N2O. The third-order valence-electron chi connectivity index (χ3n) is 3.18. The first-order valence-corrected chi connectivity index (χ1v) is 6.55. The van der Waals surface area contributed by atoms with Crippen molar-refractivity contribution in [3.05, 3.63) is 64.7 Å². The number of nitriles is 1. The van der Waals surface area contributed by atoms with Crippen molar-refractivity contribution in [1.82, 2.24) is 0 Å². The van der Waals surface area contributed by atoms with Gasteiger partial charge in [0.25, 0.3) is 0 Å². The van der Waals surface area contributed by atoms with Crippen molar-refractivity contribution in [2.24, 2.45) is 0 Å². The van der Waals surface area contributed by atoms with Crippen LogP contribution >= 0.6 is 0 Å². The number of benzene rings is 2. The highest BCUT2D eigenvalue weighted by Gasteiger charge is 2.04. The molecule has 1 N–H and O–H groups in total. The van der Waals surface area contributed by atoms with Gasteiger partial charge in [0.05, 0.1) is 17.9 Å². The van der Waals surface area contributed by atoms with Crippen LogP contribution in [0.25, 0.3) is 0 Å². The van der Waals surface area contributed by atoms with Gasteiger partial charge in [-0.25, -0.2) is 0 Å². The highest BCUT2D eigenvalue weighted by molar-refractivity contribution is 5.59. The molecule has 2 aromatic rings. The van der Waals surface area contributed by atoms with Crippen LogP contribution in [0.1, 0.15) is 22.3 Å². The maximum absolute atomic E-state index is 9.14. The third-order valence-corrected chi connectivity index (χ3v) is 3.18. The summed E-state index contributed by atoms with van der Waals surface area (Å²) in [4.78, 5) is 0. The average molecular weight is 266 g/mol. The number of methoxy groups -OCH3 is 1. The molecule has 2 rings (SSSR count). The van der Waals surface area contributed by atoms with Crippen LogP contribution in [-0.2, 0) is 17.9 Å². The second kappa shape index (κ2) is 6.74.